The third-order valence-corrected chi connectivity index (χ3v) is 4.68. The molecular weight excluding hydrogens is 337 g/mol. The Bertz CT molecular complexity index is 904. The van der Waals surface area contributed by atoms with Crippen molar-refractivity contribution in [2.24, 2.45) is 0 Å². The molecule has 0 saturated carbocycles. The average molecular weight is 355 g/mol. The van der Waals surface area contributed by atoms with E-state index in [1.807, 2.05) is 36.6 Å². The van der Waals surface area contributed by atoms with E-state index in [9.17, 15) is 9.18 Å². The molecule has 0 saturated heterocycles. The quantitative estimate of drug-likeness (QED) is 0.671. The summed E-state index contributed by atoms with van der Waals surface area (Å²) in [6.45, 7) is 4.08. The summed E-state index contributed by atoms with van der Waals surface area (Å²) >= 11 is 1.34. The van der Waals surface area contributed by atoms with Gasteiger partial charge in [-0.2, -0.15) is 0 Å². The first-order valence-electron chi connectivity index (χ1n) is 7.85. The molecule has 128 valence electrons. The molecule has 0 radical (unpaired) electrons. The smallest absolute Gasteiger partial charge is 0.265 e. The number of hydrogen-bond acceptors (Lipinski definition) is 3. The Balaban J connectivity index is 1.62. The van der Waals surface area contributed by atoms with E-state index in [-0.39, 0.29) is 11.7 Å². The van der Waals surface area contributed by atoms with E-state index in [0.29, 0.717) is 22.7 Å². The molecule has 1 heterocycles. The number of halogens is 1. The Kier molecular flexibility index (Phi) is 5.14. The lowest BCUT2D eigenvalue weighted by Crippen LogP contribution is -2.10. The molecule has 0 unspecified atom stereocenters. The molecule has 0 aliphatic rings. The maximum Gasteiger partial charge on any atom is 0.265 e. The summed E-state index contributed by atoms with van der Waals surface area (Å²) in [7, 11) is 0. The molecule has 0 spiro atoms. The van der Waals surface area contributed by atoms with Crippen LogP contribution in [0.3, 0.4) is 0 Å². The number of nitrogens with one attached hydrogen (secondary N) is 1. The van der Waals surface area contributed by atoms with Gasteiger partial charge in [-0.25, -0.2) is 4.39 Å². The summed E-state index contributed by atoms with van der Waals surface area (Å²) in [5, 5.41) is 4.60. The van der Waals surface area contributed by atoms with Crippen molar-refractivity contribution in [3.05, 3.63) is 81.3 Å². The number of amides is 1. The fourth-order valence-corrected chi connectivity index (χ4v) is 3.10. The molecule has 3 aromatic rings. The topological polar surface area (TPSA) is 38.3 Å². The third kappa shape index (κ3) is 4.45. The van der Waals surface area contributed by atoms with Crippen molar-refractivity contribution in [2.45, 2.75) is 20.5 Å². The molecular formula is C20H18FNO2S. The molecule has 0 aliphatic heterocycles. The van der Waals surface area contributed by atoms with Gasteiger partial charge in [0.05, 0.1) is 4.88 Å². The minimum absolute atomic E-state index is 0.255. The second-order valence-corrected chi connectivity index (χ2v) is 6.75. The first-order chi connectivity index (χ1) is 12.0. The summed E-state index contributed by atoms with van der Waals surface area (Å²) in [5.74, 6) is 0.207. The number of ether oxygens (including phenoxy) is 1. The van der Waals surface area contributed by atoms with Crippen LogP contribution in [0.4, 0.5) is 10.1 Å². The molecule has 0 aliphatic carbocycles. The molecule has 3 rings (SSSR count). The van der Waals surface area contributed by atoms with Crippen LogP contribution in [0.25, 0.3) is 0 Å². The fourth-order valence-electron chi connectivity index (χ4n) is 2.31. The van der Waals surface area contributed by atoms with Crippen molar-refractivity contribution < 1.29 is 13.9 Å². The van der Waals surface area contributed by atoms with Crippen LogP contribution in [-0.4, -0.2) is 5.91 Å². The number of benzene rings is 2. The van der Waals surface area contributed by atoms with Gasteiger partial charge in [0.2, 0.25) is 0 Å². The molecule has 25 heavy (non-hydrogen) atoms. The van der Waals surface area contributed by atoms with E-state index in [4.69, 9.17) is 4.74 Å². The number of carbonyl (C=O) groups excluding carboxylic acids is 1. The zero-order valence-electron chi connectivity index (χ0n) is 14.0. The van der Waals surface area contributed by atoms with E-state index in [1.54, 1.807) is 25.1 Å². The Labute approximate surface area is 150 Å². The molecule has 5 heteroatoms. The highest BCUT2D eigenvalue weighted by atomic mass is 32.1. The van der Waals surface area contributed by atoms with Gasteiger partial charge in [0.15, 0.2) is 0 Å². The fraction of sp³-hybridized carbons (Fsp3) is 0.150. The van der Waals surface area contributed by atoms with Gasteiger partial charge >= 0.3 is 0 Å². The van der Waals surface area contributed by atoms with Gasteiger partial charge in [-0.1, -0.05) is 18.2 Å². The van der Waals surface area contributed by atoms with Crippen LogP contribution in [0, 0.1) is 19.7 Å². The van der Waals surface area contributed by atoms with E-state index in [2.05, 4.69) is 5.32 Å². The highest BCUT2D eigenvalue weighted by molar-refractivity contribution is 7.12. The largest absolute Gasteiger partial charge is 0.489 e. The second kappa shape index (κ2) is 7.49. The summed E-state index contributed by atoms with van der Waals surface area (Å²) in [5.41, 5.74) is 3.05. The van der Waals surface area contributed by atoms with Gasteiger partial charge in [0, 0.05) is 11.3 Å². The maximum atomic E-state index is 13.6. The van der Waals surface area contributed by atoms with Crippen LogP contribution >= 0.6 is 11.3 Å². The lowest BCUT2D eigenvalue weighted by molar-refractivity contribution is 0.103. The van der Waals surface area contributed by atoms with Crippen LogP contribution in [0.5, 0.6) is 5.75 Å². The Morgan fingerprint density at radius 1 is 1.16 bits per heavy atom. The number of carbonyl (C=O) groups is 1. The van der Waals surface area contributed by atoms with Crippen molar-refractivity contribution in [3.8, 4) is 5.75 Å². The summed E-state index contributed by atoms with van der Waals surface area (Å²) in [4.78, 5) is 12.8. The monoisotopic (exact) mass is 355 g/mol. The lowest BCUT2D eigenvalue weighted by atomic mass is 10.2. The Hall–Kier alpha value is -2.66. The number of rotatable bonds is 5. The first kappa shape index (κ1) is 17.2. The highest BCUT2D eigenvalue weighted by Gasteiger charge is 2.11. The average Bonchev–Trinajstić information content (AvgIpc) is 3.06. The molecule has 1 N–H and O–H groups in total. The number of aryl methyl sites for hydroxylation is 2. The highest BCUT2D eigenvalue weighted by Crippen LogP contribution is 2.20. The predicted octanol–water partition coefficient (Wildman–Crippen LogP) is 5.34. The van der Waals surface area contributed by atoms with E-state index < -0.39 is 0 Å². The molecule has 3 nitrogen and oxygen atoms in total. The van der Waals surface area contributed by atoms with Crippen LogP contribution < -0.4 is 10.1 Å². The number of hydrogen-bond donors (Lipinski definition) is 1. The molecule has 0 fully saturated rings. The van der Waals surface area contributed by atoms with Crippen LogP contribution in [-0.2, 0) is 6.61 Å². The molecule has 1 aromatic heterocycles. The third-order valence-electron chi connectivity index (χ3n) is 3.70. The van der Waals surface area contributed by atoms with Crippen molar-refractivity contribution in [1.29, 1.82) is 0 Å². The predicted molar refractivity (Wildman–Crippen MR) is 98.9 cm³/mol. The SMILES string of the molecule is Cc1cccc(OCc2csc(C(=O)Nc3ccc(C)c(F)c3)c2)c1. The van der Waals surface area contributed by atoms with E-state index >= 15 is 0 Å². The van der Waals surface area contributed by atoms with Crippen molar-refractivity contribution in [2.75, 3.05) is 5.32 Å². The van der Waals surface area contributed by atoms with Gasteiger partial charge in [0.1, 0.15) is 18.2 Å². The van der Waals surface area contributed by atoms with Gasteiger partial charge in [0.25, 0.3) is 5.91 Å². The standard InChI is InChI=1S/C20H18FNO2S/c1-13-4-3-5-17(8-13)24-11-15-9-19(25-12-15)20(23)22-16-7-6-14(2)18(21)10-16/h3-10,12H,11H2,1-2H3,(H,22,23). The maximum absolute atomic E-state index is 13.6. The molecule has 0 atom stereocenters. The van der Waals surface area contributed by atoms with Gasteiger partial charge in [-0.05, 0) is 60.7 Å². The number of anilines is 1. The zero-order chi connectivity index (χ0) is 17.8. The molecule has 2 aromatic carbocycles. The van der Waals surface area contributed by atoms with Gasteiger partial charge in [-0.3, -0.25) is 4.79 Å². The minimum Gasteiger partial charge on any atom is -0.489 e. The summed E-state index contributed by atoms with van der Waals surface area (Å²) < 4.78 is 19.3. The van der Waals surface area contributed by atoms with E-state index in [0.717, 1.165) is 16.9 Å². The molecule has 0 bridgehead atoms. The van der Waals surface area contributed by atoms with Gasteiger partial charge in [-0.15, -0.1) is 11.3 Å². The molecule has 1 amide bonds. The van der Waals surface area contributed by atoms with Crippen molar-refractivity contribution in [1.82, 2.24) is 0 Å². The van der Waals surface area contributed by atoms with Crippen LogP contribution in [0.15, 0.2) is 53.9 Å². The first-order valence-corrected chi connectivity index (χ1v) is 8.73. The normalized spacial score (nSPS) is 10.5. The van der Waals surface area contributed by atoms with Crippen LogP contribution in [0.1, 0.15) is 26.4 Å². The van der Waals surface area contributed by atoms with Crippen molar-refractivity contribution >= 4 is 22.9 Å². The van der Waals surface area contributed by atoms with Crippen LogP contribution in [0.2, 0.25) is 0 Å². The second-order valence-electron chi connectivity index (χ2n) is 5.84. The Morgan fingerprint density at radius 3 is 2.76 bits per heavy atom. The lowest BCUT2D eigenvalue weighted by Gasteiger charge is -2.05. The zero-order valence-corrected chi connectivity index (χ0v) is 14.8. The Morgan fingerprint density at radius 2 is 2.00 bits per heavy atom. The minimum atomic E-state index is -0.337. The summed E-state index contributed by atoms with van der Waals surface area (Å²) in [6.07, 6.45) is 0. The summed E-state index contributed by atoms with van der Waals surface area (Å²) in [6, 6.07) is 14.3. The number of thiophene rings is 1. The van der Waals surface area contributed by atoms with Gasteiger partial charge < -0.3 is 10.1 Å². The van der Waals surface area contributed by atoms with E-state index in [1.165, 1.54) is 17.4 Å². The van der Waals surface area contributed by atoms with Crippen molar-refractivity contribution in [3.63, 3.8) is 0 Å².